The number of carbonyl (C=O) groups is 1. The van der Waals surface area contributed by atoms with E-state index in [0.717, 1.165) is 30.4 Å². The molecule has 37 heavy (non-hydrogen) atoms. The molecule has 2 atom stereocenters. The number of hydrogen-bond acceptors (Lipinski definition) is 5. The van der Waals surface area contributed by atoms with Gasteiger partial charge in [0.1, 0.15) is 5.69 Å². The van der Waals surface area contributed by atoms with Crippen LogP contribution in [0.2, 0.25) is 0 Å². The van der Waals surface area contributed by atoms with Crippen LogP contribution < -0.4 is 5.32 Å². The quantitative estimate of drug-likeness (QED) is 0.492. The molecule has 1 amide bonds. The van der Waals surface area contributed by atoms with E-state index in [1.807, 2.05) is 49.4 Å². The largest absolute Gasteiger partial charge is 0.355 e. The Morgan fingerprint density at radius 2 is 1.84 bits per heavy atom. The third-order valence-electron chi connectivity index (χ3n) is 7.38. The average Bonchev–Trinajstić information content (AvgIpc) is 3.29. The second kappa shape index (κ2) is 10.6. The Hall–Kier alpha value is -3.23. The maximum atomic E-state index is 13.7. The second-order valence-electron chi connectivity index (χ2n) is 10.1. The number of aromatic nitrogens is 1. The molecule has 5 rings (SSSR count). The van der Waals surface area contributed by atoms with Gasteiger partial charge in [0, 0.05) is 13.1 Å². The molecule has 2 aliphatic rings. The Morgan fingerprint density at radius 1 is 1.05 bits per heavy atom. The number of piperidine rings is 1. The smallest absolute Gasteiger partial charge is 0.248 e. The zero-order valence-electron chi connectivity index (χ0n) is 21.3. The topological polar surface area (TPSA) is 92.5 Å². The molecular formula is C29H33N3O4S. The molecule has 1 aliphatic carbocycles. The highest BCUT2D eigenvalue weighted by Gasteiger charge is 2.37. The SMILES string of the molecule is Cc1ccc(C=Cc2onc(C)c2S(=O)(=O)N2CCCC(C(=O)NC3CCCc4ccccc43)C2)cc1. The van der Waals surface area contributed by atoms with Crippen molar-refractivity contribution in [3.8, 4) is 0 Å². The Balaban J connectivity index is 1.32. The lowest BCUT2D eigenvalue weighted by molar-refractivity contribution is -0.127. The van der Waals surface area contributed by atoms with Gasteiger partial charge in [-0.3, -0.25) is 4.79 Å². The third kappa shape index (κ3) is 5.40. The van der Waals surface area contributed by atoms with Crippen LogP contribution in [-0.4, -0.2) is 36.9 Å². The predicted molar refractivity (Wildman–Crippen MR) is 143 cm³/mol. The van der Waals surface area contributed by atoms with Crippen molar-refractivity contribution in [1.29, 1.82) is 0 Å². The number of carbonyl (C=O) groups excluding carboxylic acids is 1. The number of amides is 1. The fourth-order valence-corrected chi connectivity index (χ4v) is 7.12. The van der Waals surface area contributed by atoms with Gasteiger partial charge in [0.05, 0.1) is 12.0 Å². The molecule has 3 aromatic rings. The van der Waals surface area contributed by atoms with Crippen molar-refractivity contribution in [2.45, 2.75) is 56.9 Å². The second-order valence-corrected chi connectivity index (χ2v) is 11.9. The highest BCUT2D eigenvalue weighted by atomic mass is 32.2. The summed E-state index contributed by atoms with van der Waals surface area (Å²) in [6, 6.07) is 16.1. The van der Waals surface area contributed by atoms with Crippen LogP contribution in [0.15, 0.2) is 57.9 Å². The average molecular weight is 520 g/mol. The molecule has 2 unspecified atom stereocenters. The molecule has 2 aromatic carbocycles. The lowest BCUT2D eigenvalue weighted by Crippen LogP contribution is -2.46. The zero-order valence-corrected chi connectivity index (χ0v) is 22.1. The first-order valence-electron chi connectivity index (χ1n) is 12.9. The fraction of sp³-hybridized carbons (Fsp3) is 0.379. The Bertz CT molecular complexity index is 1410. The molecular weight excluding hydrogens is 486 g/mol. The lowest BCUT2D eigenvalue weighted by atomic mass is 9.87. The van der Waals surface area contributed by atoms with Gasteiger partial charge in [0.2, 0.25) is 15.9 Å². The lowest BCUT2D eigenvalue weighted by Gasteiger charge is -2.33. The van der Waals surface area contributed by atoms with Gasteiger partial charge in [0.25, 0.3) is 0 Å². The van der Waals surface area contributed by atoms with Crippen molar-refractivity contribution in [1.82, 2.24) is 14.8 Å². The van der Waals surface area contributed by atoms with E-state index in [9.17, 15) is 13.2 Å². The van der Waals surface area contributed by atoms with Crippen LogP contribution in [0.3, 0.4) is 0 Å². The summed E-state index contributed by atoms with van der Waals surface area (Å²) in [5.74, 6) is -0.282. The molecule has 8 heteroatoms. The zero-order chi connectivity index (χ0) is 26.0. The van der Waals surface area contributed by atoms with Gasteiger partial charge in [0.15, 0.2) is 10.7 Å². The number of nitrogens with zero attached hydrogens (tertiary/aromatic N) is 2. The number of hydrogen-bond donors (Lipinski definition) is 1. The standard InChI is InChI=1S/C29H33N3O4S/c1-20-12-14-22(15-13-20)16-17-27-28(21(2)31-36-27)37(34,35)32-18-6-9-24(19-32)29(33)30-26-11-5-8-23-7-3-4-10-25(23)26/h3-4,7,10,12-17,24,26H,5-6,8-9,11,18-19H2,1-2H3,(H,30,33). The number of fused-ring (bicyclic) bond motifs is 1. The molecule has 1 aliphatic heterocycles. The van der Waals surface area contributed by atoms with E-state index in [0.29, 0.717) is 25.1 Å². The molecule has 1 fully saturated rings. The van der Waals surface area contributed by atoms with Crippen LogP contribution in [0.5, 0.6) is 0 Å². The normalized spacial score (nSPS) is 20.6. The maximum absolute atomic E-state index is 13.7. The van der Waals surface area contributed by atoms with Gasteiger partial charge in [-0.25, -0.2) is 8.42 Å². The molecule has 0 bridgehead atoms. The van der Waals surface area contributed by atoms with E-state index in [1.54, 1.807) is 13.0 Å². The van der Waals surface area contributed by atoms with Gasteiger partial charge < -0.3 is 9.84 Å². The molecule has 194 valence electrons. The van der Waals surface area contributed by atoms with E-state index in [1.165, 1.54) is 15.4 Å². The first kappa shape index (κ1) is 25.4. The summed E-state index contributed by atoms with van der Waals surface area (Å²) in [7, 11) is -3.89. The van der Waals surface area contributed by atoms with Crippen LogP contribution in [0.4, 0.5) is 0 Å². The number of nitrogens with one attached hydrogen (secondary N) is 1. The molecule has 7 nitrogen and oxygen atoms in total. The number of benzene rings is 2. The molecule has 1 saturated heterocycles. The fourth-order valence-electron chi connectivity index (χ4n) is 5.35. The van der Waals surface area contributed by atoms with E-state index < -0.39 is 15.9 Å². The van der Waals surface area contributed by atoms with E-state index >= 15 is 0 Å². The van der Waals surface area contributed by atoms with Gasteiger partial charge in [-0.1, -0.05) is 65.3 Å². The highest BCUT2D eigenvalue weighted by molar-refractivity contribution is 7.89. The molecule has 1 aromatic heterocycles. The minimum atomic E-state index is -3.89. The Labute approximate surface area is 218 Å². The van der Waals surface area contributed by atoms with Gasteiger partial charge in [-0.05, 0) is 68.7 Å². The van der Waals surface area contributed by atoms with Crippen molar-refractivity contribution in [3.05, 3.63) is 82.2 Å². The van der Waals surface area contributed by atoms with E-state index in [-0.39, 0.29) is 29.1 Å². The van der Waals surface area contributed by atoms with E-state index in [2.05, 4.69) is 22.6 Å². The first-order chi connectivity index (χ1) is 17.8. The van der Waals surface area contributed by atoms with Gasteiger partial charge in [-0.15, -0.1) is 0 Å². The van der Waals surface area contributed by atoms with Crippen LogP contribution in [-0.2, 0) is 21.2 Å². The number of aryl methyl sites for hydroxylation is 3. The molecule has 0 radical (unpaired) electrons. The van der Waals surface area contributed by atoms with Crippen LogP contribution in [0.1, 0.15) is 65.4 Å². The summed E-state index contributed by atoms with van der Waals surface area (Å²) in [5.41, 5.74) is 4.84. The van der Waals surface area contributed by atoms with Crippen LogP contribution >= 0.6 is 0 Å². The van der Waals surface area contributed by atoms with Crippen molar-refractivity contribution < 1.29 is 17.7 Å². The van der Waals surface area contributed by atoms with Crippen LogP contribution in [0.25, 0.3) is 12.2 Å². The molecule has 0 spiro atoms. The van der Waals surface area contributed by atoms with Gasteiger partial charge >= 0.3 is 0 Å². The summed E-state index contributed by atoms with van der Waals surface area (Å²) in [4.78, 5) is 13.3. The number of rotatable bonds is 6. The molecule has 2 heterocycles. The summed E-state index contributed by atoms with van der Waals surface area (Å²) in [5, 5.41) is 7.16. The van der Waals surface area contributed by atoms with E-state index in [4.69, 9.17) is 4.52 Å². The highest BCUT2D eigenvalue weighted by Crippen LogP contribution is 2.32. The van der Waals surface area contributed by atoms with Crippen molar-refractivity contribution in [3.63, 3.8) is 0 Å². The monoisotopic (exact) mass is 519 g/mol. The Morgan fingerprint density at radius 3 is 2.65 bits per heavy atom. The minimum Gasteiger partial charge on any atom is -0.355 e. The summed E-state index contributed by atoms with van der Waals surface area (Å²) in [6.45, 7) is 4.16. The number of sulfonamides is 1. The van der Waals surface area contributed by atoms with Crippen molar-refractivity contribution in [2.24, 2.45) is 5.92 Å². The molecule has 1 N–H and O–H groups in total. The minimum absolute atomic E-state index is 0.0248. The predicted octanol–water partition coefficient (Wildman–Crippen LogP) is 5.06. The van der Waals surface area contributed by atoms with Crippen molar-refractivity contribution in [2.75, 3.05) is 13.1 Å². The first-order valence-corrected chi connectivity index (χ1v) is 14.4. The summed E-state index contributed by atoms with van der Waals surface area (Å²) in [6.07, 6.45) is 7.69. The van der Waals surface area contributed by atoms with Gasteiger partial charge in [-0.2, -0.15) is 4.31 Å². The maximum Gasteiger partial charge on any atom is 0.248 e. The summed E-state index contributed by atoms with van der Waals surface area (Å²) < 4.78 is 34.3. The summed E-state index contributed by atoms with van der Waals surface area (Å²) >= 11 is 0. The molecule has 0 saturated carbocycles. The van der Waals surface area contributed by atoms with Crippen molar-refractivity contribution >= 4 is 28.1 Å². The Kier molecular flexibility index (Phi) is 7.31. The van der Waals surface area contributed by atoms with Crippen LogP contribution in [0, 0.1) is 19.8 Å². The third-order valence-corrected chi connectivity index (χ3v) is 9.40.